The zero-order valence-electron chi connectivity index (χ0n) is 21.8. The molecule has 1 fully saturated rings. The van der Waals surface area contributed by atoms with E-state index in [9.17, 15) is 14.4 Å². The fourth-order valence-electron chi connectivity index (χ4n) is 5.64. The number of carbonyl (C=O) groups excluding carboxylic acids is 2. The first-order chi connectivity index (χ1) is 19.6. The molecule has 40 heavy (non-hydrogen) atoms. The smallest absolute Gasteiger partial charge is 0.312 e. The molecule has 1 aliphatic heterocycles. The van der Waals surface area contributed by atoms with E-state index in [0.717, 1.165) is 41.7 Å². The molecular formula is C32H28N4O4. The molecule has 0 radical (unpaired) electrons. The van der Waals surface area contributed by atoms with E-state index in [2.05, 4.69) is 28.4 Å². The van der Waals surface area contributed by atoms with Crippen LogP contribution >= 0.6 is 0 Å². The molecule has 2 heterocycles. The van der Waals surface area contributed by atoms with Crippen molar-refractivity contribution in [1.82, 2.24) is 15.2 Å². The fourth-order valence-corrected chi connectivity index (χ4v) is 5.64. The summed E-state index contributed by atoms with van der Waals surface area (Å²) in [7, 11) is 0. The van der Waals surface area contributed by atoms with Crippen LogP contribution in [-0.2, 0) is 20.7 Å². The molecule has 0 spiro atoms. The molecule has 1 aromatic heterocycles. The normalized spacial score (nSPS) is 19.4. The molecule has 200 valence electrons. The Labute approximate surface area is 231 Å². The minimum Gasteiger partial charge on any atom is -0.455 e. The molecule has 0 unspecified atom stereocenters. The molecule has 8 nitrogen and oxygen atoms in total. The van der Waals surface area contributed by atoms with Crippen LogP contribution in [0.2, 0.25) is 0 Å². The lowest BCUT2D eigenvalue weighted by Gasteiger charge is -2.29. The second kappa shape index (κ2) is 11.1. The zero-order chi connectivity index (χ0) is 27.5. The van der Waals surface area contributed by atoms with Gasteiger partial charge in [0.1, 0.15) is 0 Å². The molecule has 3 aromatic carbocycles. The summed E-state index contributed by atoms with van der Waals surface area (Å²) in [6.45, 7) is -0.440. The maximum Gasteiger partial charge on any atom is 0.312 e. The predicted molar refractivity (Wildman–Crippen MR) is 152 cm³/mol. The maximum absolute atomic E-state index is 13.5. The summed E-state index contributed by atoms with van der Waals surface area (Å²) in [5, 5.41) is 13.8. The minimum absolute atomic E-state index is 0.0578. The highest BCUT2D eigenvalue weighted by Crippen LogP contribution is 2.44. The van der Waals surface area contributed by atoms with Gasteiger partial charge in [0.2, 0.25) is 0 Å². The quantitative estimate of drug-likeness (QED) is 0.358. The average molecular weight is 533 g/mol. The standard InChI is InChI=1S/C32H28N4O4/c37-28(20-40-29(38)19-27-24-15-7-8-16-25(24)32(39)34-33-27)36-31(22-12-5-2-6-13-22)26-17-9-14-23(30(26)35-36)18-21-10-3-1-4-11-21/h1-8,10-13,15-16,18,26,31H,9,14,17,19-20H2,(H,34,39)/b23-18-/t26-,31-/m0/s1. The number of nitrogens with zero attached hydrogens (tertiary/aromatic N) is 3. The number of ether oxygens (including phenoxy) is 1. The highest BCUT2D eigenvalue weighted by molar-refractivity contribution is 6.08. The second-order valence-electron chi connectivity index (χ2n) is 10.0. The first-order valence-corrected chi connectivity index (χ1v) is 13.4. The summed E-state index contributed by atoms with van der Waals surface area (Å²) in [4.78, 5) is 38.3. The van der Waals surface area contributed by atoms with Crippen molar-refractivity contribution in [2.24, 2.45) is 11.0 Å². The van der Waals surface area contributed by atoms with Crippen LogP contribution in [0.3, 0.4) is 0 Å². The van der Waals surface area contributed by atoms with Gasteiger partial charge in [-0.15, -0.1) is 0 Å². The van der Waals surface area contributed by atoms with Crippen LogP contribution in [0, 0.1) is 5.92 Å². The van der Waals surface area contributed by atoms with Crippen LogP contribution in [0.4, 0.5) is 0 Å². The van der Waals surface area contributed by atoms with Crippen molar-refractivity contribution in [2.75, 3.05) is 6.61 Å². The van der Waals surface area contributed by atoms with Gasteiger partial charge in [0.15, 0.2) is 6.61 Å². The Bertz CT molecular complexity index is 1680. The molecule has 2 aliphatic rings. The van der Waals surface area contributed by atoms with E-state index >= 15 is 0 Å². The Kier molecular flexibility index (Phi) is 7.06. The lowest BCUT2D eigenvalue weighted by Crippen LogP contribution is -2.34. The van der Waals surface area contributed by atoms with Gasteiger partial charge in [-0.05, 0) is 48.1 Å². The molecule has 1 saturated carbocycles. The van der Waals surface area contributed by atoms with E-state index in [4.69, 9.17) is 9.84 Å². The van der Waals surface area contributed by atoms with E-state index in [1.807, 2.05) is 48.5 Å². The summed E-state index contributed by atoms with van der Waals surface area (Å²) >= 11 is 0. The van der Waals surface area contributed by atoms with Gasteiger partial charge in [-0.3, -0.25) is 14.4 Å². The number of hydrogen-bond donors (Lipinski definition) is 1. The van der Waals surface area contributed by atoms with Crippen molar-refractivity contribution in [3.8, 4) is 0 Å². The average Bonchev–Trinajstić information content (AvgIpc) is 3.39. The van der Waals surface area contributed by atoms with Crippen molar-refractivity contribution in [3.05, 3.63) is 118 Å². The molecule has 2 atom stereocenters. The Morgan fingerprint density at radius 1 is 0.950 bits per heavy atom. The monoisotopic (exact) mass is 532 g/mol. The van der Waals surface area contributed by atoms with Crippen LogP contribution in [0.15, 0.2) is 100 Å². The minimum atomic E-state index is -0.608. The lowest BCUT2D eigenvalue weighted by atomic mass is 9.77. The van der Waals surface area contributed by atoms with Crippen LogP contribution in [0.1, 0.15) is 42.1 Å². The van der Waals surface area contributed by atoms with Gasteiger partial charge < -0.3 is 4.74 Å². The molecular weight excluding hydrogens is 504 g/mol. The van der Waals surface area contributed by atoms with Gasteiger partial charge in [-0.25, -0.2) is 10.1 Å². The Morgan fingerprint density at radius 3 is 2.42 bits per heavy atom. The number of H-pyrrole nitrogens is 1. The molecule has 1 N–H and O–H groups in total. The largest absolute Gasteiger partial charge is 0.455 e. The Balaban J connectivity index is 1.23. The zero-order valence-corrected chi connectivity index (χ0v) is 21.8. The molecule has 8 heteroatoms. The number of aromatic nitrogens is 2. The first kappa shape index (κ1) is 25.4. The van der Waals surface area contributed by atoms with Gasteiger partial charge >= 0.3 is 5.97 Å². The fraction of sp³-hybridized carbons (Fsp3) is 0.219. The Hall–Kier alpha value is -4.85. The van der Waals surface area contributed by atoms with Crippen LogP contribution in [0.5, 0.6) is 0 Å². The summed E-state index contributed by atoms with van der Waals surface area (Å²) in [5.41, 5.74) is 4.21. The van der Waals surface area contributed by atoms with Gasteiger partial charge in [0.25, 0.3) is 11.5 Å². The SMILES string of the molecule is O=C(Cc1n[nH]c(=O)c2ccccc12)OCC(=O)N1N=C2/C(=C\c3ccccc3)CCC[C@@H]2[C@@H]1c1ccccc1. The third-order valence-corrected chi connectivity index (χ3v) is 7.48. The van der Waals surface area contributed by atoms with Crippen molar-refractivity contribution in [3.63, 3.8) is 0 Å². The summed E-state index contributed by atoms with van der Waals surface area (Å²) in [6.07, 6.45) is 4.79. The van der Waals surface area contributed by atoms with Crippen molar-refractivity contribution < 1.29 is 14.3 Å². The molecule has 1 aliphatic carbocycles. The van der Waals surface area contributed by atoms with E-state index in [1.54, 1.807) is 24.3 Å². The number of fused-ring (bicyclic) bond motifs is 2. The molecule has 1 amide bonds. The molecule has 4 aromatic rings. The van der Waals surface area contributed by atoms with Gasteiger partial charge in [-0.1, -0.05) is 78.9 Å². The number of aromatic amines is 1. The maximum atomic E-state index is 13.5. The topological polar surface area (TPSA) is 105 Å². The number of allylic oxidation sites excluding steroid dienone is 1. The molecule has 0 bridgehead atoms. The van der Waals surface area contributed by atoms with Crippen LogP contribution in [-0.4, -0.2) is 39.4 Å². The van der Waals surface area contributed by atoms with E-state index in [-0.39, 0.29) is 29.8 Å². The molecule has 0 saturated heterocycles. The Morgan fingerprint density at radius 2 is 1.65 bits per heavy atom. The summed E-state index contributed by atoms with van der Waals surface area (Å²) in [5.74, 6) is -0.937. The number of esters is 1. The van der Waals surface area contributed by atoms with Crippen molar-refractivity contribution in [1.29, 1.82) is 0 Å². The lowest BCUT2D eigenvalue weighted by molar-refractivity contribution is -0.152. The summed E-state index contributed by atoms with van der Waals surface area (Å²) in [6, 6.07) is 26.7. The van der Waals surface area contributed by atoms with Crippen molar-refractivity contribution >= 4 is 34.4 Å². The number of rotatable bonds is 6. The molecule has 6 rings (SSSR count). The predicted octanol–water partition coefficient (Wildman–Crippen LogP) is 4.83. The number of amides is 1. The van der Waals surface area contributed by atoms with Gasteiger partial charge in [0, 0.05) is 11.3 Å². The number of carbonyl (C=O) groups is 2. The number of benzene rings is 3. The van der Waals surface area contributed by atoms with E-state index in [1.165, 1.54) is 5.01 Å². The highest BCUT2D eigenvalue weighted by Gasteiger charge is 2.43. The van der Waals surface area contributed by atoms with E-state index in [0.29, 0.717) is 16.5 Å². The third-order valence-electron chi connectivity index (χ3n) is 7.48. The van der Waals surface area contributed by atoms with Gasteiger partial charge in [0.05, 0.1) is 29.3 Å². The van der Waals surface area contributed by atoms with Gasteiger partial charge in [-0.2, -0.15) is 10.2 Å². The second-order valence-corrected chi connectivity index (χ2v) is 10.0. The number of hydrazone groups is 1. The first-order valence-electron chi connectivity index (χ1n) is 13.4. The number of nitrogens with one attached hydrogen (secondary N) is 1. The number of hydrogen-bond acceptors (Lipinski definition) is 6. The van der Waals surface area contributed by atoms with Crippen LogP contribution in [0.25, 0.3) is 16.8 Å². The third kappa shape index (κ3) is 5.08. The highest BCUT2D eigenvalue weighted by atomic mass is 16.5. The van der Waals surface area contributed by atoms with Crippen LogP contribution < -0.4 is 5.56 Å². The van der Waals surface area contributed by atoms with E-state index < -0.39 is 12.6 Å². The summed E-state index contributed by atoms with van der Waals surface area (Å²) < 4.78 is 5.41. The van der Waals surface area contributed by atoms with Crippen molar-refractivity contribution in [2.45, 2.75) is 31.7 Å².